The van der Waals surface area contributed by atoms with Gasteiger partial charge >= 0.3 is 6.09 Å². The average molecular weight is 358 g/mol. The molecule has 2 rings (SSSR count). The molecule has 1 aliphatic rings. The van der Waals surface area contributed by atoms with Crippen molar-refractivity contribution in [2.45, 2.75) is 58.1 Å². The number of hydrogen-bond donors (Lipinski definition) is 1. The van der Waals surface area contributed by atoms with E-state index in [1.807, 2.05) is 20.8 Å². The lowest BCUT2D eigenvalue weighted by Gasteiger charge is -2.28. The van der Waals surface area contributed by atoms with Crippen LogP contribution in [0, 0.1) is 5.92 Å². The van der Waals surface area contributed by atoms with Crippen LogP contribution in [0.15, 0.2) is 29.3 Å². The van der Waals surface area contributed by atoms with E-state index in [0.717, 1.165) is 25.7 Å². The molecule has 1 saturated carbocycles. The zero-order valence-electron chi connectivity index (χ0n) is 15.5. The molecule has 26 heavy (non-hydrogen) atoms. The predicted molar refractivity (Wildman–Crippen MR) is 99.8 cm³/mol. The van der Waals surface area contributed by atoms with Crippen molar-refractivity contribution in [1.82, 2.24) is 5.32 Å². The Hall–Kier alpha value is -2.50. The van der Waals surface area contributed by atoms with Crippen LogP contribution >= 0.6 is 0 Å². The SMILES string of the molecule is CC(C)(C)OC(=O)NC1CCC(C=NC(=O)c2ccccc2C=O)CC1. The monoisotopic (exact) mass is 358 g/mol. The van der Waals surface area contributed by atoms with Crippen molar-refractivity contribution in [3.8, 4) is 0 Å². The lowest BCUT2D eigenvalue weighted by molar-refractivity contribution is 0.0491. The highest BCUT2D eigenvalue weighted by Gasteiger charge is 2.24. The van der Waals surface area contributed by atoms with E-state index < -0.39 is 17.6 Å². The van der Waals surface area contributed by atoms with Gasteiger partial charge < -0.3 is 10.1 Å². The van der Waals surface area contributed by atoms with Crippen molar-refractivity contribution in [3.63, 3.8) is 0 Å². The van der Waals surface area contributed by atoms with Gasteiger partial charge in [0.25, 0.3) is 5.91 Å². The number of amides is 2. The molecule has 2 amide bonds. The third-order valence-electron chi connectivity index (χ3n) is 4.21. The van der Waals surface area contributed by atoms with Crippen molar-refractivity contribution >= 4 is 24.5 Å². The van der Waals surface area contributed by atoms with E-state index in [1.165, 1.54) is 0 Å². The van der Waals surface area contributed by atoms with E-state index in [2.05, 4.69) is 10.3 Å². The maximum atomic E-state index is 12.2. The fraction of sp³-hybridized carbons (Fsp3) is 0.500. The number of benzene rings is 1. The molecule has 0 heterocycles. The molecule has 1 N–H and O–H groups in total. The largest absolute Gasteiger partial charge is 0.444 e. The number of ether oxygens (including phenoxy) is 1. The number of carbonyl (C=O) groups is 3. The summed E-state index contributed by atoms with van der Waals surface area (Å²) in [7, 11) is 0. The van der Waals surface area contributed by atoms with Gasteiger partial charge in [-0.15, -0.1) is 0 Å². The first-order valence-electron chi connectivity index (χ1n) is 8.91. The molecule has 0 atom stereocenters. The Morgan fingerprint density at radius 2 is 1.81 bits per heavy atom. The normalized spacial score (nSPS) is 20.6. The lowest BCUT2D eigenvalue weighted by atomic mass is 9.87. The molecule has 6 nitrogen and oxygen atoms in total. The summed E-state index contributed by atoms with van der Waals surface area (Å²) < 4.78 is 5.27. The van der Waals surface area contributed by atoms with Crippen LogP contribution in [0.3, 0.4) is 0 Å². The van der Waals surface area contributed by atoms with Gasteiger partial charge in [-0.25, -0.2) is 9.79 Å². The van der Waals surface area contributed by atoms with E-state index in [-0.39, 0.29) is 12.0 Å². The lowest BCUT2D eigenvalue weighted by Crippen LogP contribution is -2.41. The van der Waals surface area contributed by atoms with Crippen molar-refractivity contribution in [1.29, 1.82) is 0 Å². The Kier molecular flexibility index (Phi) is 6.66. The molecule has 1 aromatic rings. The Labute approximate surface area is 154 Å². The topological polar surface area (TPSA) is 84.8 Å². The summed E-state index contributed by atoms with van der Waals surface area (Å²) in [6.07, 6.45) is 5.25. The molecule has 1 aromatic carbocycles. The number of aldehydes is 1. The van der Waals surface area contributed by atoms with Crippen molar-refractivity contribution < 1.29 is 19.1 Å². The standard InChI is InChI=1S/C20H26N2O4/c1-20(2,3)26-19(25)22-16-10-8-14(9-11-16)12-21-18(24)17-7-5-4-6-15(17)13-23/h4-7,12-14,16H,8-11H2,1-3H3,(H,22,25). The van der Waals surface area contributed by atoms with Crippen LogP contribution in [0.25, 0.3) is 0 Å². The average Bonchev–Trinajstić information content (AvgIpc) is 2.59. The van der Waals surface area contributed by atoms with E-state index in [0.29, 0.717) is 17.4 Å². The number of carbonyl (C=O) groups excluding carboxylic acids is 3. The third kappa shape index (κ3) is 6.10. The molecule has 0 radical (unpaired) electrons. The molecule has 140 valence electrons. The van der Waals surface area contributed by atoms with E-state index in [9.17, 15) is 14.4 Å². The Morgan fingerprint density at radius 3 is 2.42 bits per heavy atom. The second-order valence-corrected chi connectivity index (χ2v) is 7.55. The summed E-state index contributed by atoms with van der Waals surface area (Å²) in [5.74, 6) is -0.208. The van der Waals surface area contributed by atoms with Crippen molar-refractivity contribution in [2.75, 3.05) is 0 Å². The number of nitrogens with zero attached hydrogens (tertiary/aromatic N) is 1. The van der Waals surface area contributed by atoms with E-state index >= 15 is 0 Å². The van der Waals surface area contributed by atoms with Gasteiger partial charge in [-0.05, 0) is 58.4 Å². The third-order valence-corrected chi connectivity index (χ3v) is 4.21. The van der Waals surface area contributed by atoms with Gasteiger partial charge in [-0.1, -0.05) is 18.2 Å². The fourth-order valence-corrected chi connectivity index (χ4v) is 2.92. The maximum Gasteiger partial charge on any atom is 0.407 e. The van der Waals surface area contributed by atoms with Gasteiger partial charge in [0.15, 0.2) is 6.29 Å². The first kappa shape index (κ1) is 19.8. The van der Waals surface area contributed by atoms with Crippen molar-refractivity contribution in [3.05, 3.63) is 35.4 Å². The van der Waals surface area contributed by atoms with Gasteiger partial charge in [0.1, 0.15) is 5.60 Å². The summed E-state index contributed by atoms with van der Waals surface area (Å²) in [5, 5.41) is 2.89. The summed E-state index contributed by atoms with van der Waals surface area (Å²) in [4.78, 5) is 39.0. The van der Waals surface area contributed by atoms with Gasteiger partial charge in [0.2, 0.25) is 0 Å². The van der Waals surface area contributed by atoms with E-state index in [4.69, 9.17) is 4.74 Å². The number of alkyl carbamates (subject to hydrolysis) is 1. The minimum Gasteiger partial charge on any atom is -0.444 e. The highest BCUT2D eigenvalue weighted by Crippen LogP contribution is 2.23. The van der Waals surface area contributed by atoms with Gasteiger partial charge in [0.05, 0.1) is 5.56 Å². The van der Waals surface area contributed by atoms with Crippen LogP contribution in [0.1, 0.15) is 67.2 Å². The van der Waals surface area contributed by atoms with Gasteiger partial charge in [0, 0.05) is 17.8 Å². The Bertz CT molecular complexity index is 683. The van der Waals surface area contributed by atoms with Gasteiger partial charge in [-0.3, -0.25) is 9.59 Å². The summed E-state index contributed by atoms with van der Waals surface area (Å²) in [6.45, 7) is 5.50. The van der Waals surface area contributed by atoms with Crippen LogP contribution < -0.4 is 5.32 Å². The fourth-order valence-electron chi connectivity index (χ4n) is 2.92. The maximum absolute atomic E-state index is 12.2. The van der Waals surface area contributed by atoms with Crippen LogP contribution in [0.4, 0.5) is 4.79 Å². The van der Waals surface area contributed by atoms with Gasteiger partial charge in [-0.2, -0.15) is 0 Å². The zero-order chi connectivity index (χ0) is 19.2. The first-order chi connectivity index (χ1) is 12.3. The number of aliphatic imine (C=N–C) groups is 1. The Morgan fingerprint density at radius 1 is 1.15 bits per heavy atom. The minimum atomic E-state index is -0.508. The number of nitrogens with one attached hydrogen (secondary N) is 1. The van der Waals surface area contributed by atoms with E-state index in [1.54, 1.807) is 30.5 Å². The second-order valence-electron chi connectivity index (χ2n) is 7.55. The smallest absolute Gasteiger partial charge is 0.407 e. The highest BCUT2D eigenvalue weighted by atomic mass is 16.6. The molecule has 1 aliphatic carbocycles. The van der Waals surface area contributed by atoms with Crippen molar-refractivity contribution in [2.24, 2.45) is 10.9 Å². The molecule has 0 aromatic heterocycles. The molecule has 6 heteroatoms. The Balaban J connectivity index is 1.83. The first-order valence-corrected chi connectivity index (χ1v) is 8.91. The molecular formula is C20H26N2O4. The number of rotatable bonds is 4. The van der Waals surface area contributed by atoms with Crippen LogP contribution in [-0.4, -0.2) is 36.1 Å². The summed E-state index contributed by atoms with van der Waals surface area (Å²) in [5.41, 5.74) is 0.158. The molecule has 1 fully saturated rings. The zero-order valence-corrected chi connectivity index (χ0v) is 15.5. The summed E-state index contributed by atoms with van der Waals surface area (Å²) in [6, 6.07) is 6.71. The van der Waals surface area contributed by atoms with Crippen LogP contribution in [0.5, 0.6) is 0 Å². The number of hydrogen-bond acceptors (Lipinski definition) is 4. The summed E-state index contributed by atoms with van der Waals surface area (Å²) >= 11 is 0. The molecular weight excluding hydrogens is 332 g/mol. The molecule has 0 aliphatic heterocycles. The molecule has 0 spiro atoms. The van der Waals surface area contributed by atoms with Crippen LogP contribution in [-0.2, 0) is 4.74 Å². The quantitative estimate of drug-likeness (QED) is 0.655. The highest BCUT2D eigenvalue weighted by molar-refractivity contribution is 6.04. The molecule has 0 bridgehead atoms. The minimum absolute atomic E-state index is 0.0843. The van der Waals surface area contributed by atoms with Crippen LogP contribution in [0.2, 0.25) is 0 Å². The molecule has 0 saturated heterocycles. The molecule has 0 unspecified atom stereocenters. The predicted octanol–water partition coefficient (Wildman–Crippen LogP) is 3.79. The second kappa shape index (κ2) is 8.74.